The molecule has 0 radical (unpaired) electrons. The molecule has 2 heterocycles. The van der Waals surface area contributed by atoms with Crippen molar-refractivity contribution in [1.29, 1.82) is 0 Å². The van der Waals surface area contributed by atoms with Gasteiger partial charge in [0, 0.05) is 17.3 Å². The molecule has 0 bridgehead atoms. The number of hydrogen-bond donors (Lipinski definition) is 1. The third kappa shape index (κ3) is 4.68. The lowest BCUT2D eigenvalue weighted by Crippen LogP contribution is -2.36. The summed E-state index contributed by atoms with van der Waals surface area (Å²) in [6.45, 7) is 0. The van der Waals surface area contributed by atoms with Crippen molar-refractivity contribution < 1.29 is 13.2 Å². The van der Waals surface area contributed by atoms with E-state index in [-0.39, 0.29) is 29.2 Å². The van der Waals surface area contributed by atoms with Crippen molar-refractivity contribution in [2.75, 3.05) is 17.3 Å². The number of amides is 1. The summed E-state index contributed by atoms with van der Waals surface area (Å²) in [5, 5.41) is 12.0. The van der Waals surface area contributed by atoms with Crippen molar-refractivity contribution in [2.45, 2.75) is 17.6 Å². The van der Waals surface area contributed by atoms with Crippen molar-refractivity contribution in [2.24, 2.45) is 0 Å². The van der Waals surface area contributed by atoms with Crippen LogP contribution in [0.1, 0.15) is 6.42 Å². The average Bonchev–Trinajstić information content (AvgIpc) is 3.30. The van der Waals surface area contributed by atoms with Gasteiger partial charge in [0.25, 0.3) is 0 Å². The SMILES string of the molecule is O=C(CSc1nnc(-c2ccccc2)n1-c1ccccc1)N[C@H]1CCS(=O)(=O)C1. The molecule has 9 heteroatoms. The highest BCUT2D eigenvalue weighted by atomic mass is 32.2. The summed E-state index contributed by atoms with van der Waals surface area (Å²) in [6.07, 6.45) is 0.469. The second-order valence-electron chi connectivity index (χ2n) is 6.80. The van der Waals surface area contributed by atoms with E-state index < -0.39 is 9.84 Å². The van der Waals surface area contributed by atoms with E-state index in [1.165, 1.54) is 11.8 Å². The molecule has 0 unspecified atom stereocenters. The molecule has 150 valence electrons. The summed E-state index contributed by atoms with van der Waals surface area (Å²) >= 11 is 1.28. The molecule has 0 spiro atoms. The molecule has 3 aromatic rings. The van der Waals surface area contributed by atoms with Crippen LogP contribution in [0.4, 0.5) is 0 Å². The van der Waals surface area contributed by atoms with Crippen LogP contribution in [0.3, 0.4) is 0 Å². The van der Waals surface area contributed by atoms with Gasteiger partial charge < -0.3 is 5.32 Å². The average molecular weight is 429 g/mol. The zero-order valence-corrected chi connectivity index (χ0v) is 17.2. The fourth-order valence-corrected chi connectivity index (χ4v) is 5.69. The van der Waals surface area contributed by atoms with Gasteiger partial charge in [-0.3, -0.25) is 9.36 Å². The number of sulfone groups is 1. The van der Waals surface area contributed by atoms with Gasteiger partial charge in [-0.25, -0.2) is 8.42 Å². The van der Waals surface area contributed by atoms with Crippen LogP contribution in [0.5, 0.6) is 0 Å². The quantitative estimate of drug-likeness (QED) is 0.606. The lowest BCUT2D eigenvalue weighted by atomic mass is 10.2. The number of carbonyl (C=O) groups is 1. The number of hydrogen-bond acceptors (Lipinski definition) is 6. The standard InChI is InChI=1S/C20H20N4O3S2/c25-18(21-16-11-12-29(26,27)14-16)13-28-20-23-22-19(15-7-3-1-4-8-15)24(20)17-9-5-2-6-10-17/h1-10,16H,11-14H2,(H,21,25)/t16-/m0/s1. The number of nitrogens with zero attached hydrogens (tertiary/aromatic N) is 3. The summed E-state index contributed by atoms with van der Waals surface area (Å²) in [5.74, 6) is 0.772. The predicted octanol–water partition coefficient (Wildman–Crippen LogP) is 2.33. The third-order valence-corrected chi connectivity index (χ3v) is 7.31. The summed E-state index contributed by atoms with van der Waals surface area (Å²) in [5.41, 5.74) is 1.83. The zero-order valence-electron chi connectivity index (χ0n) is 15.6. The smallest absolute Gasteiger partial charge is 0.230 e. The lowest BCUT2D eigenvalue weighted by molar-refractivity contribution is -0.119. The molecular formula is C20H20N4O3S2. The Morgan fingerprint density at radius 3 is 2.41 bits per heavy atom. The molecule has 1 N–H and O–H groups in total. The highest BCUT2D eigenvalue weighted by Crippen LogP contribution is 2.27. The van der Waals surface area contributed by atoms with E-state index in [1.807, 2.05) is 65.2 Å². The highest BCUT2D eigenvalue weighted by molar-refractivity contribution is 7.99. The van der Waals surface area contributed by atoms with Gasteiger partial charge >= 0.3 is 0 Å². The Hall–Kier alpha value is -2.65. The minimum absolute atomic E-state index is 0.0156. The summed E-state index contributed by atoms with van der Waals surface area (Å²) in [4.78, 5) is 12.3. The van der Waals surface area contributed by atoms with Gasteiger partial charge in [-0.15, -0.1) is 10.2 Å². The normalized spacial score (nSPS) is 17.9. The largest absolute Gasteiger partial charge is 0.352 e. The van der Waals surface area contributed by atoms with E-state index in [9.17, 15) is 13.2 Å². The molecule has 1 atom stereocenters. The van der Waals surface area contributed by atoms with Gasteiger partial charge in [0.1, 0.15) is 0 Å². The molecule has 1 amide bonds. The van der Waals surface area contributed by atoms with Crippen molar-refractivity contribution >= 4 is 27.5 Å². The first-order valence-corrected chi connectivity index (χ1v) is 12.0. The molecular weight excluding hydrogens is 408 g/mol. The Bertz CT molecular complexity index is 1100. The maximum Gasteiger partial charge on any atom is 0.230 e. The predicted molar refractivity (Wildman–Crippen MR) is 113 cm³/mol. The van der Waals surface area contributed by atoms with Crippen LogP contribution in [0.25, 0.3) is 17.1 Å². The van der Waals surface area contributed by atoms with E-state index >= 15 is 0 Å². The molecule has 0 aliphatic carbocycles. The van der Waals surface area contributed by atoms with Gasteiger partial charge in [-0.05, 0) is 18.6 Å². The number of rotatable bonds is 6. The zero-order chi connectivity index (χ0) is 20.3. The molecule has 2 aromatic carbocycles. The monoisotopic (exact) mass is 428 g/mol. The fraction of sp³-hybridized carbons (Fsp3) is 0.250. The molecule has 0 saturated carbocycles. The Labute approximate surface area is 173 Å². The van der Waals surface area contributed by atoms with Crippen LogP contribution >= 0.6 is 11.8 Å². The maximum atomic E-state index is 12.3. The number of aromatic nitrogens is 3. The summed E-state index contributed by atoms with van der Waals surface area (Å²) < 4.78 is 25.0. The Balaban J connectivity index is 1.53. The number of nitrogens with one attached hydrogen (secondary N) is 1. The van der Waals surface area contributed by atoms with E-state index in [1.54, 1.807) is 0 Å². The van der Waals surface area contributed by atoms with E-state index in [4.69, 9.17) is 0 Å². The van der Waals surface area contributed by atoms with Gasteiger partial charge in [-0.1, -0.05) is 60.3 Å². The van der Waals surface area contributed by atoms with Gasteiger partial charge in [0.2, 0.25) is 5.91 Å². The summed E-state index contributed by atoms with van der Waals surface area (Å²) in [7, 11) is -3.03. The second-order valence-corrected chi connectivity index (χ2v) is 9.97. The number of benzene rings is 2. The van der Waals surface area contributed by atoms with Crippen molar-refractivity contribution in [3.63, 3.8) is 0 Å². The van der Waals surface area contributed by atoms with Gasteiger partial charge in [-0.2, -0.15) is 0 Å². The van der Waals surface area contributed by atoms with Crippen molar-refractivity contribution in [1.82, 2.24) is 20.1 Å². The van der Waals surface area contributed by atoms with Crippen LogP contribution in [-0.2, 0) is 14.6 Å². The second kappa shape index (κ2) is 8.38. The number of thioether (sulfide) groups is 1. The number of carbonyl (C=O) groups excluding carboxylic acids is 1. The molecule has 4 rings (SSSR count). The molecule has 7 nitrogen and oxygen atoms in total. The first-order chi connectivity index (χ1) is 14.0. The maximum absolute atomic E-state index is 12.3. The van der Waals surface area contributed by atoms with Crippen LogP contribution in [0.15, 0.2) is 65.8 Å². The Kier molecular flexibility index (Phi) is 5.68. The molecule has 1 fully saturated rings. The van der Waals surface area contributed by atoms with E-state index in [2.05, 4.69) is 15.5 Å². The molecule has 1 aliphatic rings. The van der Waals surface area contributed by atoms with Gasteiger partial charge in [0.15, 0.2) is 20.8 Å². The third-order valence-electron chi connectivity index (χ3n) is 4.61. The van der Waals surface area contributed by atoms with Crippen molar-refractivity contribution in [3.05, 3.63) is 60.7 Å². The molecule has 29 heavy (non-hydrogen) atoms. The van der Waals surface area contributed by atoms with Crippen LogP contribution in [0.2, 0.25) is 0 Å². The van der Waals surface area contributed by atoms with Crippen molar-refractivity contribution in [3.8, 4) is 17.1 Å². The van der Waals surface area contributed by atoms with Gasteiger partial charge in [0.05, 0.1) is 17.3 Å². The van der Waals surface area contributed by atoms with E-state index in [0.717, 1.165) is 11.3 Å². The molecule has 1 saturated heterocycles. The van der Waals surface area contributed by atoms with Crippen LogP contribution < -0.4 is 5.32 Å². The topological polar surface area (TPSA) is 93.9 Å². The van der Waals surface area contributed by atoms with Crippen LogP contribution in [-0.4, -0.2) is 52.4 Å². The molecule has 1 aliphatic heterocycles. The first kappa shape index (κ1) is 19.7. The van der Waals surface area contributed by atoms with E-state index in [0.29, 0.717) is 17.4 Å². The minimum atomic E-state index is -3.03. The number of para-hydroxylation sites is 1. The molecule has 1 aromatic heterocycles. The minimum Gasteiger partial charge on any atom is -0.352 e. The summed E-state index contributed by atoms with van der Waals surface area (Å²) in [6, 6.07) is 19.2. The fourth-order valence-electron chi connectivity index (χ4n) is 3.26. The Morgan fingerprint density at radius 1 is 1.07 bits per heavy atom. The highest BCUT2D eigenvalue weighted by Gasteiger charge is 2.29. The lowest BCUT2D eigenvalue weighted by Gasteiger charge is -2.12. The first-order valence-electron chi connectivity index (χ1n) is 9.21. The van der Waals surface area contributed by atoms with Crippen LogP contribution in [0, 0.1) is 0 Å². The Morgan fingerprint density at radius 2 is 1.76 bits per heavy atom.